The second-order valence-corrected chi connectivity index (χ2v) is 9.44. The number of halogens is 6. The molecule has 1 aromatic heterocycles. The molecule has 1 aliphatic heterocycles. The van der Waals surface area contributed by atoms with E-state index in [1.807, 2.05) is 0 Å². The van der Waals surface area contributed by atoms with Gasteiger partial charge in [-0.2, -0.15) is 30.6 Å². The molecule has 2 aromatic rings. The summed E-state index contributed by atoms with van der Waals surface area (Å²) in [6, 6.07) is 0.226. The molecule has 1 aliphatic rings. The van der Waals surface area contributed by atoms with Crippen molar-refractivity contribution in [3.63, 3.8) is 0 Å². The van der Waals surface area contributed by atoms with Crippen molar-refractivity contribution < 1.29 is 44.1 Å². The average Bonchev–Trinajstić information content (AvgIpc) is 3.04. The Hall–Kier alpha value is -2.61. The summed E-state index contributed by atoms with van der Waals surface area (Å²) >= 11 is 0. The number of aromatic nitrogens is 1. The minimum absolute atomic E-state index is 0.0313. The van der Waals surface area contributed by atoms with Crippen LogP contribution in [-0.2, 0) is 33.6 Å². The van der Waals surface area contributed by atoms with Crippen LogP contribution in [0.15, 0.2) is 27.6 Å². The van der Waals surface area contributed by atoms with Crippen LogP contribution in [0.3, 0.4) is 0 Å². The third-order valence-electron chi connectivity index (χ3n) is 5.30. The highest BCUT2D eigenvalue weighted by atomic mass is 32.2. The van der Waals surface area contributed by atoms with Gasteiger partial charge in [-0.1, -0.05) is 5.16 Å². The molecule has 7 nitrogen and oxygen atoms in total. The topological polar surface area (TPSA) is 83.7 Å². The molecule has 0 spiro atoms. The average molecular weight is 499 g/mol. The summed E-state index contributed by atoms with van der Waals surface area (Å²) in [6.45, 7) is 2.57. The molecule has 1 amide bonds. The van der Waals surface area contributed by atoms with E-state index in [9.17, 15) is 39.6 Å². The lowest BCUT2D eigenvalue weighted by atomic mass is 10.1. The zero-order valence-electron chi connectivity index (χ0n) is 17.4. The lowest BCUT2D eigenvalue weighted by Crippen LogP contribution is -2.50. The number of alkyl halides is 6. The Kier molecular flexibility index (Phi) is 6.54. The Morgan fingerprint density at radius 2 is 1.48 bits per heavy atom. The molecule has 33 heavy (non-hydrogen) atoms. The van der Waals surface area contributed by atoms with Gasteiger partial charge in [-0.25, -0.2) is 8.42 Å². The van der Waals surface area contributed by atoms with Gasteiger partial charge >= 0.3 is 12.4 Å². The van der Waals surface area contributed by atoms with Gasteiger partial charge in [0.25, 0.3) is 0 Å². The van der Waals surface area contributed by atoms with Crippen LogP contribution in [0.5, 0.6) is 0 Å². The van der Waals surface area contributed by atoms with Gasteiger partial charge in [-0.3, -0.25) is 4.79 Å². The van der Waals surface area contributed by atoms with Crippen LogP contribution in [0.25, 0.3) is 0 Å². The normalized spacial score (nSPS) is 16.3. The number of carbonyl (C=O) groups excluding carboxylic acids is 1. The molecule has 0 atom stereocenters. The maximum absolute atomic E-state index is 13.1. The summed E-state index contributed by atoms with van der Waals surface area (Å²) in [5.74, 6) is 0.131. The predicted molar refractivity (Wildman–Crippen MR) is 101 cm³/mol. The van der Waals surface area contributed by atoms with Gasteiger partial charge in [0, 0.05) is 31.7 Å². The second-order valence-electron chi connectivity index (χ2n) is 7.51. The smallest absolute Gasteiger partial charge is 0.361 e. The summed E-state index contributed by atoms with van der Waals surface area (Å²) in [5.41, 5.74) is -2.31. The monoisotopic (exact) mass is 499 g/mol. The molecule has 3 rings (SSSR count). The molecule has 0 N–H and O–H groups in total. The van der Waals surface area contributed by atoms with Crippen LogP contribution in [0, 0.1) is 13.8 Å². The maximum Gasteiger partial charge on any atom is 0.416 e. The highest BCUT2D eigenvalue weighted by molar-refractivity contribution is 7.89. The Labute approximate surface area is 185 Å². The molecular formula is C19H19F6N3O4S. The number of nitrogens with zero attached hydrogens (tertiary/aromatic N) is 3. The molecule has 0 bridgehead atoms. The van der Waals surface area contributed by atoms with Crippen molar-refractivity contribution in [3.05, 3.63) is 46.3 Å². The van der Waals surface area contributed by atoms with E-state index in [2.05, 4.69) is 5.16 Å². The SMILES string of the molecule is Cc1noc(C)c1CC(=O)N1CCN(S(=O)(=O)c2cc(C(F)(F)F)cc(C(F)(F)F)c2)CC1. The van der Waals surface area contributed by atoms with Gasteiger partial charge in [0.15, 0.2) is 0 Å². The van der Waals surface area contributed by atoms with Gasteiger partial charge < -0.3 is 9.42 Å². The number of hydrogen-bond donors (Lipinski definition) is 0. The molecule has 2 heterocycles. The Morgan fingerprint density at radius 3 is 1.91 bits per heavy atom. The number of rotatable bonds is 4. The van der Waals surface area contributed by atoms with Crippen molar-refractivity contribution in [3.8, 4) is 0 Å². The number of aryl methyl sites for hydroxylation is 2. The Morgan fingerprint density at radius 1 is 0.970 bits per heavy atom. The first kappa shape index (κ1) is 25.0. The van der Waals surface area contributed by atoms with E-state index in [1.54, 1.807) is 13.8 Å². The zero-order chi connectivity index (χ0) is 24.8. The minimum Gasteiger partial charge on any atom is -0.361 e. The van der Waals surface area contributed by atoms with Crippen LogP contribution >= 0.6 is 0 Å². The lowest BCUT2D eigenvalue weighted by molar-refractivity contribution is -0.143. The van der Waals surface area contributed by atoms with Crippen molar-refractivity contribution in [1.29, 1.82) is 0 Å². The predicted octanol–water partition coefficient (Wildman–Crippen LogP) is 3.40. The van der Waals surface area contributed by atoms with Crippen LogP contribution in [0.2, 0.25) is 0 Å². The number of hydrogen-bond acceptors (Lipinski definition) is 5. The van der Waals surface area contributed by atoms with E-state index in [-0.39, 0.29) is 56.7 Å². The van der Waals surface area contributed by atoms with Crippen LogP contribution < -0.4 is 0 Å². The van der Waals surface area contributed by atoms with E-state index in [0.29, 0.717) is 17.0 Å². The van der Waals surface area contributed by atoms with Gasteiger partial charge in [-0.05, 0) is 32.0 Å². The zero-order valence-corrected chi connectivity index (χ0v) is 18.2. The van der Waals surface area contributed by atoms with Gasteiger partial charge in [0.2, 0.25) is 15.9 Å². The first-order valence-electron chi connectivity index (χ1n) is 9.60. The fourth-order valence-corrected chi connectivity index (χ4v) is 4.91. The highest BCUT2D eigenvalue weighted by Gasteiger charge is 2.39. The van der Waals surface area contributed by atoms with E-state index in [1.165, 1.54) is 4.90 Å². The summed E-state index contributed by atoms with van der Waals surface area (Å²) in [6.07, 6.45) is -10.4. The van der Waals surface area contributed by atoms with Crippen molar-refractivity contribution >= 4 is 15.9 Å². The van der Waals surface area contributed by atoms with Gasteiger partial charge in [-0.15, -0.1) is 0 Å². The molecule has 182 valence electrons. The number of amides is 1. The quantitative estimate of drug-likeness (QED) is 0.603. The highest BCUT2D eigenvalue weighted by Crippen LogP contribution is 2.37. The fourth-order valence-electron chi connectivity index (χ4n) is 3.42. The van der Waals surface area contributed by atoms with Crippen LogP contribution in [0.4, 0.5) is 26.3 Å². The largest absolute Gasteiger partial charge is 0.416 e. The molecule has 14 heteroatoms. The lowest BCUT2D eigenvalue weighted by Gasteiger charge is -2.34. The maximum atomic E-state index is 13.1. The van der Waals surface area contributed by atoms with E-state index in [4.69, 9.17) is 4.52 Å². The molecule has 0 unspecified atom stereocenters. The van der Waals surface area contributed by atoms with Crippen LogP contribution in [-0.4, -0.2) is 54.9 Å². The van der Waals surface area contributed by atoms with Crippen molar-refractivity contribution in [2.24, 2.45) is 0 Å². The third-order valence-corrected chi connectivity index (χ3v) is 7.18. The number of benzene rings is 1. The first-order chi connectivity index (χ1) is 15.1. The van der Waals surface area contributed by atoms with Crippen molar-refractivity contribution in [2.75, 3.05) is 26.2 Å². The van der Waals surface area contributed by atoms with Crippen LogP contribution in [0.1, 0.15) is 28.1 Å². The van der Waals surface area contributed by atoms with E-state index < -0.39 is 38.4 Å². The first-order valence-corrected chi connectivity index (χ1v) is 11.0. The second kappa shape index (κ2) is 8.63. The standard InChI is InChI=1S/C19H19F6N3O4S/c1-11-16(12(2)32-26-11)10-17(29)27-3-5-28(6-4-27)33(30,31)15-8-13(18(20,21)22)7-14(9-15)19(23,24)25/h7-9H,3-6,10H2,1-2H3. The van der Waals surface area contributed by atoms with Gasteiger partial charge in [0.1, 0.15) is 5.76 Å². The summed E-state index contributed by atoms with van der Waals surface area (Å²) < 4.78 is 110. The fraction of sp³-hybridized carbons (Fsp3) is 0.474. The summed E-state index contributed by atoms with van der Waals surface area (Å²) in [4.78, 5) is 12.8. The number of sulfonamides is 1. The number of piperazine rings is 1. The van der Waals surface area contributed by atoms with Crippen molar-refractivity contribution in [1.82, 2.24) is 14.4 Å². The molecule has 1 fully saturated rings. The molecule has 0 radical (unpaired) electrons. The summed E-state index contributed by atoms with van der Waals surface area (Å²) in [7, 11) is -4.67. The van der Waals surface area contributed by atoms with Gasteiger partial charge in [0.05, 0.1) is 28.1 Å². The van der Waals surface area contributed by atoms with E-state index >= 15 is 0 Å². The third kappa shape index (κ3) is 5.32. The molecular weight excluding hydrogens is 480 g/mol. The molecule has 0 aliphatic carbocycles. The molecule has 1 saturated heterocycles. The Bertz CT molecular complexity index is 1100. The Balaban J connectivity index is 1.79. The van der Waals surface area contributed by atoms with Crippen molar-refractivity contribution in [2.45, 2.75) is 37.5 Å². The number of carbonyl (C=O) groups is 1. The minimum atomic E-state index is -5.17. The molecule has 1 aromatic carbocycles. The summed E-state index contributed by atoms with van der Waals surface area (Å²) in [5, 5.41) is 3.75. The molecule has 0 saturated carbocycles. The van der Waals surface area contributed by atoms with E-state index in [0.717, 1.165) is 4.31 Å².